The number of aromatic nitrogens is 1. The van der Waals surface area contributed by atoms with Crippen LogP contribution in [0.15, 0.2) is 29.4 Å². The van der Waals surface area contributed by atoms with Crippen molar-refractivity contribution in [2.24, 2.45) is 4.99 Å². The average Bonchev–Trinajstić information content (AvgIpc) is 3.15. The molecule has 4 saturated heterocycles. The number of aliphatic imine (C=N–C) groups is 1. The van der Waals surface area contributed by atoms with Gasteiger partial charge in [-0.3, -0.25) is 14.8 Å². The van der Waals surface area contributed by atoms with Gasteiger partial charge in [-0.1, -0.05) is 6.07 Å². The van der Waals surface area contributed by atoms with Crippen molar-refractivity contribution in [3.8, 4) is 5.88 Å². The number of likely N-dealkylation sites (tertiary alicyclic amines) is 1. The molecular weight excluding hydrogens is 455 g/mol. The van der Waals surface area contributed by atoms with Crippen LogP contribution >= 0.6 is 24.0 Å². The molecule has 2 atom stereocenters. The summed E-state index contributed by atoms with van der Waals surface area (Å²) < 4.78 is 6.02. The molecular formula is C19H31IN6O. The number of hydrogen-bond acceptors (Lipinski definition) is 5. The van der Waals surface area contributed by atoms with Crippen LogP contribution < -0.4 is 10.1 Å². The number of halogens is 1. The highest BCUT2D eigenvalue weighted by Crippen LogP contribution is 2.18. The van der Waals surface area contributed by atoms with E-state index in [2.05, 4.69) is 31.9 Å². The number of rotatable bonds is 5. The van der Waals surface area contributed by atoms with Crippen LogP contribution in [0.3, 0.4) is 0 Å². The fourth-order valence-electron chi connectivity index (χ4n) is 4.12. The Morgan fingerprint density at radius 2 is 2.07 bits per heavy atom. The monoisotopic (exact) mass is 486 g/mol. The van der Waals surface area contributed by atoms with Crippen molar-refractivity contribution < 1.29 is 4.74 Å². The Morgan fingerprint density at radius 1 is 1.22 bits per heavy atom. The molecule has 4 fully saturated rings. The molecule has 8 heteroatoms. The number of guanidine groups is 1. The summed E-state index contributed by atoms with van der Waals surface area (Å²) in [6.07, 6.45) is 2.95. The summed E-state index contributed by atoms with van der Waals surface area (Å²) in [6, 6.07) is 6.36. The zero-order valence-electron chi connectivity index (χ0n) is 16.1. The molecule has 5 heterocycles. The van der Waals surface area contributed by atoms with E-state index in [1.54, 1.807) is 6.20 Å². The van der Waals surface area contributed by atoms with E-state index in [1.807, 2.05) is 18.2 Å². The van der Waals surface area contributed by atoms with Crippen LogP contribution in [-0.2, 0) is 0 Å². The summed E-state index contributed by atoms with van der Waals surface area (Å²) in [4.78, 5) is 16.7. The first-order valence-corrected chi connectivity index (χ1v) is 9.89. The number of ether oxygens (including phenoxy) is 1. The summed E-state index contributed by atoms with van der Waals surface area (Å²) in [5, 5.41) is 3.47. The Labute approximate surface area is 179 Å². The Balaban J connectivity index is 0.00000210. The number of nitrogens with zero attached hydrogens (tertiary/aromatic N) is 5. The van der Waals surface area contributed by atoms with Gasteiger partial charge in [0.1, 0.15) is 6.10 Å². The maximum atomic E-state index is 6.02. The Kier molecular flexibility index (Phi) is 7.54. The minimum atomic E-state index is 0. The van der Waals surface area contributed by atoms with Crippen LogP contribution in [-0.4, -0.2) is 96.7 Å². The molecule has 2 bridgehead atoms. The second-order valence-corrected chi connectivity index (χ2v) is 7.33. The first kappa shape index (κ1) is 20.6. The van der Waals surface area contributed by atoms with Crippen molar-refractivity contribution in [3.63, 3.8) is 0 Å². The molecule has 0 spiro atoms. The van der Waals surface area contributed by atoms with Gasteiger partial charge in [-0.25, -0.2) is 4.98 Å². The van der Waals surface area contributed by atoms with E-state index in [-0.39, 0.29) is 30.1 Å². The molecule has 1 aromatic rings. The Hall–Kier alpha value is -1.13. The summed E-state index contributed by atoms with van der Waals surface area (Å²) in [5.74, 6) is 1.73. The van der Waals surface area contributed by atoms with E-state index in [0.29, 0.717) is 11.9 Å². The van der Waals surface area contributed by atoms with Crippen molar-refractivity contribution >= 4 is 29.9 Å². The quantitative estimate of drug-likeness (QED) is 0.383. The molecule has 27 heavy (non-hydrogen) atoms. The zero-order valence-corrected chi connectivity index (χ0v) is 18.4. The smallest absolute Gasteiger partial charge is 0.213 e. The van der Waals surface area contributed by atoms with Crippen LogP contribution in [0, 0.1) is 0 Å². The van der Waals surface area contributed by atoms with Crippen molar-refractivity contribution in [2.75, 3.05) is 58.9 Å². The predicted molar refractivity (Wildman–Crippen MR) is 118 cm³/mol. The lowest BCUT2D eigenvalue weighted by Gasteiger charge is -2.47. The second kappa shape index (κ2) is 9.88. The van der Waals surface area contributed by atoms with Gasteiger partial charge in [0, 0.05) is 70.5 Å². The van der Waals surface area contributed by atoms with Crippen LogP contribution in [0.4, 0.5) is 0 Å². The van der Waals surface area contributed by atoms with Crippen LogP contribution in [0.2, 0.25) is 0 Å². The highest BCUT2D eigenvalue weighted by Gasteiger charge is 2.32. The van der Waals surface area contributed by atoms with Gasteiger partial charge in [-0.2, -0.15) is 0 Å². The zero-order chi connectivity index (χ0) is 17.8. The first-order valence-electron chi connectivity index (χ1n) is 9.89. The van der Waals surface area contributed by atoms with Crippen molar-refractivity contribution in [1.29, 1.82) is 0 Å². The van der Waals surface area contributed by atoms with E-state index < -0.39 is 0 Å². The maximum absolute atomic E-state index is 6.02. The second-order valence-electron chi connectivity index (χ2n) is 7.33. The van der Waals surface area contributed by atoms with Gasteiger partial charge in [-0.15, -0.1) is 24.0 Å². The third-order valence-electron chi connectivity index (χ3n) is 5.55. The van der Waals surface area contributed by atoms with Crippen molar-refractivity contribution in [1.82, 2.24) is 25.0 Å². The maximum Gasteiger partial charge on any atom is 0.213 e. The molecule has 0 aliphatic carbocycles. The summed E-state index contributed by atoms with van der Waals surface area (Å²) in [5.41, 5.74) is 0. The van der Waals surface area contributed by atoms with E-state index in [1.165, 1.54) is 26.2 Å². The molecule has 0 amide bonds. The lowest BCUT2D eigenvalue weighted by Crippen LogP contribution is -2.62. The molecule has 4 aliphatic rings. The summed E-state index contributed by atoms with van der Waals surface area (Å²) in [6.45, 7) is 11.7. The molecule has 4 aliphatic heterocycles. The number of pyridine rings is 1. The molecule has 7 nitrogen and oxygen atoms in total. The number of fused-ring (bicyclic) bond motifs is 3. The van der Waals surface area contributed by atoms with E-state index >= 15 is 0 Å². The lowest BCUT2D eigenvalue weighted by molar-refractivity contribution is 0.0173. The fraction of sp³-hybridized carbons (Fsp3) is 0.684. The van der Waals surface area contributed by atoms with Gasteiger partial charge in [0.15, 0.2) is 5.96 Å². The molecule has 150 valence electrons. The number of piperazine rings is 3. The Morgan fingerprint density at radius 3 is 2.74 bits per heavy atom. The highest BCUT2D eigenvalue weighted by molar-refractivity contribution is 14.0. The van der Waals surface area contributed by atoms with Gasteiger partial charge >= 0.3 is 0 Å². The van der Waals surface area contributed by atoms with Crippen molar-refractivity contribution in [2.45, 2.75) is 25.5 Å². The predicted octanol–water partition coefficient (Wildman–Crippen LogP) is 1.12. The van der Waals surface area contributed by atoms with E-state index in [9.17, 15) is 0 Å². The molecule has 1 aromatic heterocycles. The van der Waals surface area contributed by atoms with Gasteiger partial charge in [0.25, 0.3) is 0 Å². The van der Waals surface area contributed by atoms with E-state index in [4.69, 9.17) is 9.73 Å². The molecule has 2 unspecified atom stereocenters. The normalized spacial score (nSPS) is 30.1. The molecule has 0 aromatic carbocycles. The van der Waals surface area contributed by atoms with Gasteiger partial charge in [0.05, 0.1) is 13.1 Å². The van der Waals surface area contributed by atoms with Gasteiger partial charge < -0.3 is 15.0 Å². The van der Waals surface area contributed by atoms with E-state index in [0.717, 1.165) is 45.1 Å². The highest BCUT2D eigenvalue weighted by atomic mass is 127. The standard InChI is InChI=1S/C19H30N6O.HI/c1-2-20-19(22-13-16-14-23-9-11-24(16)12-10-23)25-8-6-17(15-25)26-18-5-3-4-7-21-18;/h3-5,7,16-17H,2,6,8-15H2,1H3,(H,20,22);1H. The molecule has 0 saturated carbocycles. The lowest BCUT2D eigenvalue weighted by atomic mass is 10.1. The largest absolute Gasteiger partial charge is 0.472 e. The SMILES string of the molecule is CCNC(=NCC1CN2CCN1CC2)N1CCC(Oc2ccccn2)C1.I. The summed E-state index contributed by atoms with van der Waals surface area (Å²) >= 11 is 0. The third-order valence-corrected chi connectivity index (χ3v) is 5.55. The first-order chi connectivity index (χ1) is 12.8. The average molecular weight is 486 g/mol. The number of nitrogens with one attached hydrogen (secondary N) is 1. The van der Waals surface area contributed by atoms with Gasteiger partial charge in [0.2, 0.25) is 5.88 Å². The topological polar surface area (TPSA) is 56.2 Å². The third kappa shape index (κ3) is 5.23. The van der Waals surface area contributed by atoms with Crippen LogP contribution in [0.25, 0.3) is 0 Å². The number of hydrogen-bond donors (Lipinski definition) is 1. The van der Waals surface area contributed by atoms with Crippen LogP contribution in [0.1, 0.15) is 13.3 Å². The molecule has 5 rings (SSSR count). The Bertz CT molecular complexity index is 607. The minimum absolute atomic E-state index is 0. The van der Waals surface area contributed by atoms with Crippen LogP contribution in [0.5, 0.6) is 5.88 Å². The minimum Gasteiger partial charge on any atom is -0.472 e. The molecule has 0 radical (unpaired) electrons. The summed E-state index contributed by atoms with van der Waals surface area (Å²) in [7, 11) is 0. The fourth-order valence-corrected chi connectivity index (χ4v) is 4.12. The van der Waals surface area contributed by atoms with Gasteiger partial charge in [-0.05, 0) is 13.0 Å². The van der Waals surface area contributed by atoms with Crippen molar-refractivity contribution in [3.05, 3.63) is 24.4 Å². The molecule has 1 N–H and O–H groups in total.